The van der Waals surface area contributed by atoms with E-state index in [1.165, 1.54) is 5.56 Å². The average Bonchev–Trinajstić information content (AvgIpc) is 2.69. The van der Waals surface area contributed by atoms with Gasteiger partial charge in [0.1, 0.15) is 0 Å². The molecule has 0 saturated carbocycles. The minimum atomic E-state index is -0.782. The number of carboxylic acid groups (broad SMARTS) is 1. The molecule has 1 heterocycles. The smallest absolute Gasteiger partial charge is 0.307 e. The molecule has 1 unspecified atom stereocenters. The van der Waals surface area contributed by atoms with Crippen molar-refractivity contribution in [3.63, 3.8) is 0 Å². The Morgan fingerprint density at radius 3 is 2.67 bits per heavy atom. The first-order valence-corrected chi connectivity index (χ1v) is 6.84. The Morgan fingerprint density at radius 2 is 2.06 bits per heavy atom. The summed E-state index contributed by atoms with van der Waals surface area (Å²) in [5.41, 5.74) is 4.18. The quantitative estimate of drug-likeness (QED) is 0.854. The van der Waals surface area contributed by atoms with Crippen LogP contribution in [0, 0.1) is 6.92 Å². The number of benzene rings is 1. The minimum absolute atomic E-state index is 0.143. The third kappa shape index (κ3) is 2.96. The van der Waals surface area contributed by atoms with Crippen molar-refractivity contribution < 1.29 is 9.90 Å². The van der Waals surface area contributed by atoms with Gasteiger partial charge < -0.3 is 5.11 Å². The molecular formula is C13H15N2O2P. The van der Waals surface area contributed by atoms with Crippen molar-refractivity contribution in [1.82, 2.24) is 9.78 Å². The lowest BCUT2D eigenvalue weighted by atomic mass is 10.1. The highest BCUT2D eigenvalue weighted by atomic mass is 31.1. The molecule has 1 N–H and O–H groups in total. The third-order valence-electron chi connectivity index (χ3n) is 2.65. The summed E-state index contributed by atoms with van der Waals surface area (Å²) in [7, 11) is 2.09. The van der Waals surface area contributed by atoms with Crippen LogP contribution in [0.2, 0.25) is 0 Å². The Labute approximate surface area is 107 Å². The second-order valence-electron chi connectivity index (χ2n) is 4.15. The average molecular weight is 262 g/mol. The molecular weight excluding hydrogens is 247 g/mol. The number of hydrogen-bond donors (Lipinski definition) is 1. The van der Waals surface area contributed by atoms with E-state index in [1.54, 1.807) is 4.68 Å². The summed E-state index contributed by atoms with van der Waals surface area (Å²) in [5.74, 6) is -0.782. The fraction of sp³-hybridized carbons (Fsp3) is 0.231. The van der Waals surface area contributed by atoms with Gasteiger partial charge in [-0.3, -0.25) is 9.48 Å². The van der Waals surface area contributed by atoms with Crippen LogP contribution in [-0.4, -0.2) is 27.0 Å². The Balaban J connectivity index is 2.23. The second-order valence-corrected chi connectivity index (χ2v) is 5.37. The van der Waals surface area contributed by atoms with Crippen molar-refractivity contribution >= 4 is 20.0 Å². The summed E-state index contributed by atoms with van der Waals surface area (Å²) in [6.07, 6.45) is 0.143. The highest BCUT2D eigenvalue weighted by molar-refractivity contribution is 7.47. The van der Waals surface area contributed by atoms with Crippen LogP contribution in [0.3, 0.4) is 0 Å². The zero-order valence-corrected chi connectivity index (χ0v) is 11.3. The summed E-state index contributed by atoms with van der Waals surface area (Å²) in [6, 6.07) is 10.2. The molecule has 4 nitrogen and oxygen atoms in total. The summed E-state index contributed by atoms with van der Waals surface area (Å²) in [5, 5.41) is 13.0. The second kappa shape index (κ2) is 5.32. The standard InChI is InChI=1S/C13H15N2O2P/c1-9-3-5-10(6-4-9)11-7-12(14-15(11)2)18-8-13(16)17/h3-7,18H,8H2,1-2H3,(H,16,17). The van der Waals surface area contributed by atoms with Crippen LogP contribution in [0.5, 0.6) is 0 Å². The molecule has 0 aliphatic carbocycles. The van der Waals surface area contributed by atoms with Gasteiger partial charge in [0.25, 0.3) is 0 Å². The zero-order valence-electron chi connectivity index (χ0n) is 10.3. The van der Waals surface area contributed by atoms with Crippen LogP contribution in [-0.2, 0) is 11.8 Å². The molecule has 0 bridgehead atoms. The molecule has 0 fully saturated rings. The topological polar surface area (TPSA) is 55.1 Å². The van der Waals surface area contributed by atoms with E-state index in [0.29, 0.717) is 0 Å². The van der Waals surface area contributed by atoms with Crippen molar-refractivity contribution in [2.24, 2.45) is 7.05 Å². The SMILES string of the molecule is Cc1ccc(-c2cc(PCC(=O)O)nn2C)cc1. The number of carbonyl (C=O) groups is 1. The van der Waals surface area contributed by atoms with Gasteiger partial charge in [-0.15, -0.1) is 0 Å². The highest BCUT2D eigenvalue weighted by Crippen LogP contribution is 2.20. The molecule has 1 aromatic carbocycles. The number of hydrogen-bond acceptors (Lipinski definition) is 2. The van der Waals surface area contributed by atoms with Crippen LogP contribution in [0.15, 0.2) is 30.3 Å². The molecule has 2 rings (SSSR count). The van der Waals surface area contributed by atoms with E-state index in [2.05, 4.69) is 29.4 Å². The first-order valence-electron chi connectivity index (χ1n) is 5.63. The molecule has 0 saturated heterocycles. The summed E-state index contributed by atoms with van der Waals surface area (Å²) in [6.45, 7) is 2.05. The zero-order chi connectivity index (χ0) is 13.1. The van der Waals surface area contributed by atoms with Crippen LogP contribution in [0.4, 0.5) is 0 Å². The predicted octanol–water partition coefficient (Wildman–Crippen LogP) is 1.78. The number of rotatable bonds is 4. The molecule has 18 heavy (non-hydrogen) atoms. The molecule has 5 heteroatoms. The van der Waals surface area contributed by atoms with Crippen molar-refractivity contribution in [2.45, 2.75) is 6.92 Å². The van der Waals surface area contributed by atoms with E-state index in [9.17, 15) is 4.79 Å². The molecule has 1 atom stereocenters. The minimum Gasteiger partial charge on any atom is -0.481 e. The van der Waals surface area contributed by atoms with Crippen LogP contribution in [0.1, 0.15) is 5.56 Å². The Hall–Kier alpha value is -1.67. The van der Waals surface area contributed by atoms with E-state index in [1.807, 2.05) is 20.0 Å². The number of aryl methyl sites for hydroxylation is 2. The summed E-state index contributed by atoms with van der Waals surface area (Å²) >= 11 is 0. The van der Waals surface area contributed by atoms with Gasteiger partial charge in [0.2, 0.25) is 0 Å². The molecule has 0 aliphatic heterocycles. The predicted molar refractivity (Wildman–Crippen MR) is 73.8 cm³/mol. The lowest BCUT2D eigenvalue weighted by Crippen LogP contribution is -2.05. The van der Waals surface area contributed by atoms with Gasteiger partial charge in [0.05, 0.1) is 17.3 Å². The van der Waals surface area contributed by atoms with Gasteiger partial charge >= 0.3 is 5.97 Å². The van der Waals surface area contributed by atoms with Gasteiger partial charge in [-0.1, -0.05) is 38.4 Å². The van der Waals surface area contributed by atoms with Crippen molar-refractivity contribution in [1.29, 1.82) is 0 Å². The lowest BCUT2D eigenvalue weighted by molar-refractivity contribution is -0.133. The van der Waals surface area contributed by atoms with Crippen LogP contribution >= 0.6 is 8.58 Å². The monoisotopic (exact) mass is 262 g/mol. The third-order valence-corrected chi connectivity index (χ3v) is 3.73. The summed E-state index contributed by atoms with van der Waals surface area (Å²) in [4.78, 5) is 10.5. The van der Waals surface area contributed by atoms with E-state index in [0.717, 1.165) is 16.7 Å². The lowest BCUT2D eigenvalue weighted by Gasteiger charge is -2.01. The maximum atomic E-state index is 10.5. The van der Waals surface area contributed by atoms with Gasteiger partial charge in [0, 0.05) is 7.05 Å². The van der Waals surface area contributed by atoms with Crippen molar-refractivity contribution in [3.8, 4) is 11.3 Å². The number of nitrogens with zero attached hydrogens (tertiary/aromatic N) is 2. The molecule has 0 amide bonds. The molecule has 0 aliphatic rings. The Bertz CT molecular complexity index is 561. The van der Waals surface area contributed by atoms with Gasteiger partial charge in [-0.05, 0) is 18.6 Å². The van der Waals surface area contributed by atoms with Gasteiger partial charge in [-0.2, -0.15) is 5.10 Å². The van der Waals surface area contributed by atoms with E-state index < -0.39 is 5.97 Å². The first-order chi connectivity index (χ1) is 8.56. The van der Waals surface area contributed by atoms with Crippen molar-refractivity contribution in [3.05, 3.63) is 35.9 Å². The molecule has 94 valence electrons. The Kier molecular flexibility index (Phi) is 3.78. The highest BCUT2D eigenvalue weighted by Gasteiger charge is 2.08. The first kappa shape index (κ1) is 12.8. The Morgan fingerprint density at radius 1 is 1.39 bits per heavy atom. The van der Waals surface area contributed by atoms with E-state index >= 15 is 0 Å². The van der Waals surface area contributed by atoms with Crippen molar-refractivity contribution in [2.75, 3.05) is 6.16 Å². The maximum Gasteiger partial charge on any atom is 0.307 e. The fourth-order valence-electron chi connectivity index (χ4n) is 1.71. The molecule has 0 spiro atoms. The van der Waals surface area contributed by atoms with Gasteiger partial charge in [-0.25, -0.2) is 0 Å². The van der Waals surface area contributed by atoms with Gasteiger partial charge in [0.15, 0.2) is 0 Å². The molecule has 2 aromatic rings. The van der Waals surface area contributed by atoms with E-state index in [4.69, 9.17) is 5.11 Å². The summed E-state index contributed by atoms with van der Waals surface area (Å²) < 4.78 is 1.80. The number of aliphatic carboxylic acids is 1. The van der Waals surface area contributed by atoms with Crippen LogP contribution in [0.25, 0.3) is 11.3 Å². The normalized spacial score (nSPS) is 11.2. The van der Waals surface area contributed by atoms with Crippen LogP contribution < -0.4 is 5.44 Å². The number of carboxylic acids is 1. The molecule has 0 radical (unpaired) electrons. The fourth-order valence-corrected chi connectivity index (χ4v) is 2.51. The van der Waals surface area contributed by atoms with E-state index in [-0.39, 0.29) is 14.7 Å². The maximum absolute atomic E-state index is 10.5. The molecule has 1 aromatic heterocycles. The number of aromatic nitrogens is 2. The largest absolute Gasteiger partial charge is 0.481 e.